The molecular weight excluding hydrogens is 158 g/mol. The minimum absolute atomic E-state index is 0.0162. The summed E-state index contributed by atoms with van der Waals surface area (Å²) < 4.78 is 7.24. The van der Waals surface area contributed by atoms with Gasteiger partial charge in [-0.05, 0) is 13.0 Å². The van der Waals surface area contributed by atoms with Gasteiger partial charge in [0.2, 0.25) is 0 Å². The lowest BCUT2D eigenvalue weighted by Crippen LogP contribution is -1.98. The van der Waals surface area contributed by atoms with Crippen molar-refractivity contribution in [2.45, 2.75) is 6.92 Å². The fourth-order valence-corrected chi connectivity index (χ4v) is 0.863. The van der Waals surface area contributed by atoms with Crippen LogP contribution in [-0.2, 0) is 0 Å². The lowest BCUT2D eigenvalue weighted by Gasteiger charge is -1.95. The maximum Gasteiger partial charge on any atom is 0.280 e. The lowest BCUT2D eigenvalue weighted by molar-refractivity contribution is -0.385. The Hall–Kier alpha value is -1.71. The Morgan fingerprint density at radius 3 is 2.75 bits per heavy atom. The topological polar surface area (TPSA) is 60.2 Å². The molecule has 4 nitrogen and oxygen atoms in total. The molecule has 0 saturated heterocycles. The number of ketones is 1. The van der Waals surface area contributed by atoms with Gasteiger partial charge in [-0.2, -0.15) is 0 Å². The molecule has 0 aliphatic rings. The Balaban J connectivity index is 3.43. The SMILES string of the molecule is [2H]c1cccc(C(C)=O)c1[N+](=O)[O-]. The molecule has 1 rings (SSSR count). The van der Waals surface area contributed by atoms with Crippen LogP contribution in [0.2, 0.25) is 0 Å². The predicted molar refractivity (Wildman–Crippen MR) is 43.1 cm³/mol. The van der Waals surface area contributed by atoms with Crippen LogP contribution in [0.4, 0.5) is 5.69 Å². The number of Topliss-reactive ketones (excluding diaryl/α,β-unsaturated/α-hetero) is 1. The number of benzene rings is 1. The number of carbonyl (C=O) groups is 1. The first kappa shape index (κ1) is 6.97. The number of para-hydroxylation sites is 1. The quantitative estimate of drug-likeness (QED) is 0.382. The molecule has 0 bridgehead atoms. The molecule has 0 radical (unpaired) electrons. The smallest absolute Gasteiger partial charge is 0.280 e. The fourth-order valence-electron chi connectivity index (χ4n) is 0.863. The zero-order valence-electron chi connectivity index (χ0n) is 7.40. The van der Waals surface area contributed by atoms with E-state index < -0.39 is 16.4 Å². The van der Waals surface area contributed by atoms with Crippen LogP contribution in [0.3, 0.4) is 0 Å². The first-order chi connectivity index (χ1) is 6.04. The standard InChI is InChI=1S/C8H7NO3/c1-6(10)7-4-2-3-5-8(7)9(11)12/h2-5H,1H3/i5D. The summed E-state index contributed by atoms with van der Waals surface area (Å²) in [7, 11) is 0. The molecule has 0 fully saturated rings. The lowest BCUT2D eigenvalue weighted by atomic mass is 10.1. The van der Waals surface area contributed by atoms with Crippen LogP contribution >= 0.6 is 0 Å². The van der Waals surface area contributed by atoms with Gasteiger partial charge in [-0.3, -0.25) is 14.9 Å². The molecule has 0 aromatic heterocycles. The average Bonchev–Trinajstić information content (AvgIpc) is 2.02. The zero-order valence-corrected chi connectivity index (χ0v) is 6.40. The predicted octanol–water partition coefficient (Wildman–Crippen LogP) is 1.80. The van der Waals surface area contributed by atoms with E-state index in [1.165, 1.54) is 25.1 Å². The molecule has 62 valence electrons. The van der Waals surface area contributed by atoms with Gasteiger partial charge in [0.25, 0.3) is 5.69 Å². The van der Waals surface area contributed by atoms with E-state index in [9.17, 15) is 14.9 Å². The molecule has 0 atom stereocenters. The molecule has 0 aliphatic heterocycles. The van der Waals surface area contributed by atoms with Crippen LogP contribution in [-0.4, -0.2) is 10.7 Å². The van der Waals surface area contributed by atoms with Crippen molar-refractivity contribution in [1.82, 2.24) is 0 Å². The Morgan fingerprint density at radius 2 is 2.33 bits per heavy atom. The van der Waals surface area contributed by atoms with Crippen LogP contribution in [0.25, 0.3) is 0 Å². The molecule has 0 heterocycles. The average molecular weight is 166 g/mol. The van der Waals surface area contributed by atoms with Gasteiger partial charge in [0.15, 0.2) is 5.78 Å². The zero-order chi connectivity index (χ0) is 10.0. The monoisotopic (exact) mass is 166 g/mol. The summed E-state index contributed by atoms with van der Waals surface area (Å²) in [6, 6.07) is 3.84. The molecule has 12 heavy (non-hydrogen) atoms. The summed E-state index contributed by atoms with van der Waals surface area (Å²) in [5, 5.41) is 10.5. The summed E-state index contributed by atoms with van der Waals surface area (Å²) in [5.41, 5.74) is -0.437. The second-order valence-electron chi connectivity index (χ2n) is 2.25. The summed E-state index contributed by atoms with van der Waals surface area (Å²) in [5.74, 6) is -0.402. The van der Waals surface area contributed by atoms with Gasteiger partial charge in [-0.25, -0.2) is 0 Å². The molecule has 0 aliphatic carbocycles. The van der Waals surface area contributed by atoms with Gasteiger partial charge < -0.3 is 0 Å². The largest absolute Gasteiger partial charge is 0.294 e. The second-order valence-corrected chi connectivity index (χ2v) is 2.25. The van der Waals surface area contributed by atoms with Gasteiger partial charge in [-0.1, -0.05) is 12.1 Å². The van der Waals surface area contributed by atoms with Crippen molar-refractivity contribution in [2.24, 2.45) is 0 Å². The fraction of sp³-hybridized carbons (Fsp3) is 0.125. The molecule has 1 aromatic carbocycles. The normalized spacial score (nSPS) is 10.6. The van der Waals surface area contributed by atoms with Crippen molar-refractivity contribution in [3.05, 3.63) is 39.9 Å². The molecule has 0 unspecified atom stereocenters. The highest BCUT2D eigenvalue weighted by molar-refractivity contribution is 5.97. The Morgan fingerprint density at radius 1 is 1.67 bits per heavy atom. The van der Waals surface area contributed by atoms with Crippen molar-refractivity contribution in [3.8, 4) is 0 Å². The molecule has 4 heteroatoms. The summed E-state index contributed by atoms with van der Waals surface area (Å²) in [6.45, 7) is 1.24. The van der Waals surface area contributed by atoms with E-state index in [0.29, 0.717) is 0 Å². The van der Waals surface area contributed by atoms with E-state index in [4.69, 9.17) is 1.37 Å². The highest BCUT2D eigenvalue weighted by Gasteiger charge is 2.14. The van der Waals surface area contributed by atoms with Crippen LogP contribution < -0.4 is 0 Å². The molecule has 1 aromatic rings. The summed E-state index contributed by atoms with van der Waals surface area (Å²) in [6.07, 6.45) is 0. The third-order valence-corrected chi connectivity index (χ3v) is 1.40. The molecule has 0 spiro atoms. The third kappa shape index (κ3) is 1.47. The van der Waals surface area contributed by atoms with E-state index >= 15 is 0 Å². The minimum atomic E-state index is -0.709. The second kappa shape index (κ2) is 3.13. The molecule has 0 N–H and O–H groups in total. The number of nitro benzene ring substituents is 1. The first-order valence-corrected chi connectivity index (χ1v) is 3.29. The van der Waals surface area contributed by atoms with E-state index in [1.54, 1.807) is 0 Å². The molecule has 0 saturated carbocycles. The van der Waals surface area contributed by atoms with Crippen LogP contribution in [0, 0.1) is 10.1 Å². The Kier molecular flexibility index (Phi) is 1.82. The highest BCUT2D eigenvalue weighted by Crippen LogP contribution is 2.17. The van der Waals surface area contributed by atoms with Crippen LogP contribution in [0.5, 0.6) is 0 Å². The minimum Gasteiger partial charge on any atom is -0.294 e. The van der Waals surface area contributed by atoms with E-state index in [-0.39, 0.29) is 11.6 Å². The van der Waals surface area contributed by atoms with Gasteiger partial charge in [0.05, 0.1) is 11.9 Å². The first-order valence-electron chi connectivity index (χ1n) is 3.79. The number of rotatable bonds is 2. The van der Waals surface area contributed by atoms with E-state index in [0.717, 1.165) is 0 Å². The number of hydrogen-bond acceptors (Lipinski definition) is 3. The highest BCUT2D eigenvalue weighted by atomic mass is 16.6. The van der Waals surface area contributed by atoms with Crippen molar-refractivity contribution < 1.29 is 11.1 Å². The van der Waals surface area contributed by atoms with Crippen molar-refractivity contribution >= 4 is 11.5 Å². The van der Waals surface area contributed by atoms with Crippen LogP contribution in [0.15, 0.2) is 24.2 Å². The van der Waals surface area contributed by atoms with Crippen molar-refractivity contribution in [1.29, 1.82) is 0 Å². The summed E-state index contributed by atoms with van der Waals surface area (Å²) in [4.78, 5) is 20.7. The van der Waals surface area contributed by atoms with E-state index in [1.807, 2.05) is 0 Å². The van der Waals surface area contributed by atoms with E-state index in [2.05, 4.69) is 0 Å². The number of hydrogen-bond donors (Lipinski definition) is 0. The maximum absolute atomic E-state index is 10.9. The van der Waals surface area contributed by atoms with Gasteiger partial charge in [-0.15, -0.1) is 0 Å². The van der Waals surface area contributed by atoms with Crippen LogP contribution in [0.1, 0.15) is 18.7 Å². The third-order valence-electron chi connectivity index (χ3n) is 1.40. The number of nitrogens with zero attached hydrogens (tertiary/aromatic N) is 1. The summed E-state index contributed by atoms with van der Waals surface area (Å²) >= 11 is 0. The Bertz CT molecular complexity index is 376. The van der Waals surface area contributed by atoms with Crippen molar-refractivity contribution in [2.75, 3.05) is 0 Å². The molecule has 0 amide bonds. The number of carbonyl (C=O) groups excluding carboxylic acids is 1. The maximum atomic E-state index is 10.9. The molecular formula is C8H7NO3. The number of nitro groups is 1. The van der Waals surface area contributed by atoms with Gasteiger partial charge in [0.1, 0.15) is 0 Å². The van der Waals surface area contributed by atoms with Gasteiger partial charge >= 0.3 is 0 Å². The Labute approximate surface area is 70.4 Å². The van der Waals surface area contributed by atoms with Crippen molar-refractivity contribution in [3.63, 3.8) is 0 Å². The van der Waals surface area contributed by atoms with Gasteiger partial charge in [0, 0.05) is 6.04 Å².